The molecule has 1 fully saturated rings. The van der Waals surface area contributed by atoms with Crippen LogP contribution in [0.15, 0.2) is 0 Å². The fourth-order valence-corrected chi connectivity index (χ4v) is 2.36. The summed E-state index contributed by atoms with van der Waals surface area (Å²) in [7, 11) is 0. The van der Waals surface area contributed by atoms with Crippen LogP contribution in [-0.4, -0.2) is 29.7 Å². The van der Waals surface area contributed by atoms with Gasteiger partial charge in [0.1, 0.15) is 5.78 Å². The Kier molecular flexibility index (Phi) is 4.97. The first kappa shape index (κ1) is 13.2. The van der Waals surface area contributed by atoms with Crippen molar-refractivity contribution in [3.8, 4) is 0 Å². The van der Waals surface area contributed by atoms with Crippen LogP contribution >= 0.6 is 0 Å². The number of carbonyl (C=O) groups excluding carboxylic acids is 2. The van der Waals surface area contributed by atoms with E-state index in [1.54, 1.807) is 0 Å². The number of nitrogens with zero attached hydrogens (tertiary/aromatic N) is 1. The van der Waals surface area contributed by atoms with Crippen molar-refractivity contribution in [2.24, 2.45) is 11.8 Å². The van der Waals surface area contributed by atoms with Gasteiger partial charge in [-0.05, 0) is 19.3 Å². The summed E-state index contributed by atoms with van der Waals surface area (Å²) < 4.78 is 0. The minimum atomic E-state index is 0.0760. The highest BCUT2D eigenvalue weighted by molar-refractivity contribution is 5.86. The van der Waals surface area contributed by atoms with Crippen LogP contribution in [0.3, 0.4) is 0 Å². The topological polar surface area (TPSA) is 37.4 Å². The molecule has 3 heteroatoms. The zero-order chi connectivity index (χ0) is 12.1. The third-order valence-corrected chi connectivity index (χ3v) is 3.66. The molecule has 1 heterocycles. The number of hydrogen-bond acceptors (Lipinski definition) is 2. The van der Waals surface area contributed by atoms with Crippen LogP contribution in [0.4, 0.5) is 0 Å². The van der Waals surface area contributed by atoms with Gasteiger partial charge < -0.3 is 4.90 Å². The fraction of sp³-hybridized carbons (Fsp3) is 0.846. The average molecular weight is 225 g/mol. The maximum Gasteiger partial charge on any atom is 0.225 e. The van der Waals surface area contributed by atoms with Crippen molar-refractivity contribution in [1.29, 1.82) is 0 Å². The van der Waals surface area contributed by atoms with E-state index < -0.39 is 0 Å². The molecule has 92 valence electrons. The minimum absolute atomic E-state index is 0.0760. The summed E-state index contributed by atoms with van der Waals surface area (Å²) >= 11 is 0. The molecule has 3 nitrogen and oxygen atoms in total. The lowest BCUT2D eigenvalue weighted by Crippen LogP contribution is -2.46. The van der Waals surface area contributed by atoms with Crippen LogP contribution in [0.25, 0.3) is 0 Å². The maximum absolute atomic E-state index is 12.1. The van der Waals surface area contributed by atoms with Gasteiger partial charge >= 0.3 is 0 Å². The van der Waals surface area contributed by atoms with Crippen LogP contribution in [0.1, 0.15) is 46.5 Å². The van der Waals surface area contributed by atoms with E-state index >= 15 is 0 Å². The lowest BCUT2D eigenvalue weighted by Gasteiger charge is -2.33. The normalized spacial score (nSPS) is 21.6. The Morgan fingerprint density at radius 2 is 2.00 bits per heavy atom. The van der Waals surface area contributed by atoms with Crippen molar-refractivity contribution >= 4 is 11.7 Å². The highest BCUT2D eigenvalue weighted by Crippen LogP contribution is 2.20. The second kappa shape index (κ2) is 6.02. The molecule has 0 aliphatic carbocycles. The molecule has 0 aromatic carbocycles. The average Bonchev–Trinajstić information content (AvgIpc) is 2.31. The molecular weight excluding hydrogens is 202 g/mol. The SMILES string of the molecule is CCC1CN(C(=O)C(CC)CC)CCC1=O. The van der Waals surface area contributed by atoms with Crippen molar-refractivity contribution in [3.05, 3.63) is 0 Å². The Morgan fingerprint density at radius 3 is 2.50 bits per heavy atom. The van der Waals surface area contributed by atoms with Gasteiger partial charge in [-0.2, -0.15) is 0 Å². The van der Waals surface area contributed by atoms with Crippen molar-refractivity contribution < 1.29 is 9.59 Å². The molecule has 0 aromatic heterocycles. The third kappa shape index (κ3) is 2.83. The van der Waals surface area contributed by atoms with E-state index in [9.17, 15) is 9.59 Å². The lowest BCUT2D eigenvalue weighted by molar-refractivity contribution is -0.140. The summed E-state index contributed by atoms with van der Waals surface area (Å²) in [5, 5.41) is 0. The van der Waals surface area contributed by atoms with Gasteiger partial charge in [0.2, 0.25) is 5.91 Å². The van der Waals surface area contributed by atoms with Crippen molar-refractivity contribution in [2.75, 3.05) is 13.1 Å². The smallest absolute Gasteiger partial charge is 0.225 e. The quantitative estimate of drug-likeness (QED) is 0.736. The van der Waals surface area contributed by atoms with Crippen LogP contribution in [0, 0.1) is 11.8 Å². The van der Waals surface area contributed by atoms with E-state index in [2.05, 4.69) is 13.8 Å². The molecule has 0 spiro atoms. The molecule has 0 aromatic rings. The monoisotopic (exact) mass is 225 g/mol. The van der Waals surface area contributed by atoms with Gasteiger partial charge in [-0.3, -0.25) is 9.59 Å². The predicted octanol–water partition coefficient (Wildman–Crippen LogP) is 2.25. The number of rotatable bonds is 4. The second-order valence-corrected chi connectivity index (χ2v) is 4.62. The number of amides is 1. The molecule has 1 rings (SSSR count). The molecule has 0 saturated carbocycles. The van der Waals surface area contributed by atoms with Gasteiger partial charge in [0.05, 0.1) is 0 Å². The number of Topliss-reactive ketones (excluding diaryl/α,β-unsaturated/α-hetero) is 1. The predicted molar refractivity (Wildman–Crippen MR) is 64.1 cm³/mol. The summed E-state index contributed by atoms with van der Waals surface area (Å²) in [5.74, 6) is 0.796. The summed E-state index contributed by atoms with van der Waals surface area (Å²) in [6, 6.07) is 0. The summed E-state index contributed by atoms with van der Waals surface area (Å²) in [6.07, 6.45) is 3.20. The van der Waals surface area contributed by atoms with Gasteiger partial charge in [-0.15, -0.1) is 0 Å². The molecule has 0 bridgehead atoms. The van der Waals surface area contributed by atoms with E-state index in [1.165, 1.54) is 0 Å². The summed E-state index contributed by atoms with van der Waals surface area (Å²) in [4.78, 5) is 25.6. The largest absolute Gasteiger partial charge is 0.341 e. The molecule has 1 saturated heterocycles. The molecular formula is C13H23NO2. The number of ketones is 1. The van der Waals surface area contributed by atoms with E-state index in [-0.39, 0.29) is 17.7 Å². The maximum atomic E-state index is 12.1. The van der Waals surface area contributed by atoms with Gasteiger partial charge in [0.15, 0.2) is 0 Å². The highest BCUT2D eigenvalue weighted by atomic mass is 16.2. The molecule has 1 aliphatic rings. The van der Waals surface area contributed by atoms with E-state index in [0.29, 0.717) is 25.3 Å². The van der Waals surface area contributed by atoms with Gasteiger partial charge in [-0.1, -0.05) is 20.8 Å². The second-order valence-electron chi connectivity index (χ2n) is 4.62. The first-order chi connectivity index (χ1) is 7.63. The third-order valence-electron chi connectivity index (χ3n) is 3.66. The molecule has 1 unspecified atom stereocenters. The molecule has 0 radical (unpaired) electrons. The fourth-order valence-electron chi connectivity index (χ4n) is 2.36. The van der Waals surface area contributed by atoms with Crippen LogP contribution < -0.4 is 0 Å². The highest BCUT2D eigenvalue weighted by Gasteiger charge is 2.30. The van der Waals surface area contributed by atoms with Gasteiger partial charge in [0.25, 0.3) is 0 Å². The number of hydrogen-bond donors (Lipinski definition) is 0. The Balaban J connectivity index is 2.61. The van der Waals surface area contributed by atoms with Crippen LogP contribution in [0.2, 0.25) is 0 Å². The first-order valence-corrected chi connectivity index (χ1v) is 6.45. The summed E-state index contributed by atoms with van der Waals surface area (Å²) in [5.41, 5.74) is 0. The molecule has 1 amide bonds. The standard InChI is InChI=1S/C13H23NO2/c1-4-10(5-2)13(16)14-8-7-12(15)11(6-3)9-14/h10-11H,4-9H2,1-3H3. The van der Waals surface area contributed by atoms with E-state index in [4.69, 9.17) is 0 Å². The van der Waals surface area contributed by atoms with Gasteiger partial charge in [0, 0.05) is 31.3 Å². The van der Waals surface area contributed by atoms with Crippen molar-refractivity contribution in [3.63, 3.8) is 0 Å². The Morgan fingerprint density at radius 1 is 1.38 bits per heavy atom. The lowest BCUT2D eigenvalue weighted by atomic mass is 9.92. The minimum Gasteiger partial charge on any atom is -0.341 e. The molecule has 16 heavy (non-hydrogen) atoms. The molecule has 1 atom stereocenters. The summed E-state index contributed by atoms with van der Waals surface area (Å²) in [6.45, 7) is 7.40. The Bertz CT molecular complexity index is 259. The van der Waals surface area contributed by atoms with Crippen LogP contribution in [-0.2, 0) is 9.59 Å². The Labute approximate surface area is 98.2 Å². The zero-order valence-electron chi connectivity index (χ0n) is 10.7. The first-order valence-electron chi connectivity index (χ1n) is 6.45. The van der Waals surface area contributed by atoms with Crippen LogP contribution in [0.5, 0.6) is 0 Å². The Hall–Kier alpha value is -0.860. The van der Waals surface area contributed by atoms with Crippen molar-refractivity contribution in [1.82, 2.24) is 4.90 Å². The molecule has 0 N–H and O–H groups in total. The van der Waals surface area contributed by atoms with E-state index in [1.807, 2.05) is 11.8 Å². The van der Waals surface area contributed by atoms with Crippen molar-refractivity contribution in [2.45, 2.75) is 46.5 Å². The number of piperidine rings is 1. The molecule has 1 aliphatic heterocycles. The zero-order valence-corrected chi connectivity index (χ0v) is 10.7. The van der Waals surface area contributed by atoms with Gasteiger partial charge in [-0.25, -0.2) is 0 Å². The number of carbonyl (C=O) groups is 2. The number of likely N-dealkylation sites (tertiary alicyclic amines) is 1. The van der Waals surface area contributed by atoms with E-state index in [0.717, 1.165) is 19.3 Å².